The van der Waals surface area contributed by atoms with Crippen molar-refractivity contribution in [2.75, 3.05) is 5.32 Å². The van der Waals surface area contributed by atoms with Gasteiger partial charge < -0.3 is 20.1 Å². The van der Waals surface area contributed by atoms with Crippen molar-refractivity contribution in [3.05, 3.63) is 59.5 Å². The maximum absolute atomic E-state index is 11.9. The van der Waals surface area contributed by atoms with Crippen molar-refractivity contribution < 1.29 is 15.0 Å². The number of pyridine rings is 1. The molecule has 9 heteroatoms. The molecule has 0 saturated heterocycles. The number of hydrogen-bond donors (Lipinski definition) is 3. The molecule has 3 aromatic heterocycles. The number of rotatable bonds is 8. The Hall–Kier alpha value is -4.01. The second-order valence-electron chi connectivity index (χ2n) is 9.81. The van der Waals surface area contributed by atoms with Gasteiger partial charge in [-0.15, -0.1) is 0 Å². The summed E-state index contributed by atoms with van der Waals surface area (Å²) in [7, 11) is 0. The summed E-state index contributed by atoms with van der Waals surface area (Å²) in [6, 6.07) is 11.1. The smallest absolute Gasteiger partial charge is 0.374 e. The molecule has 1 fully saturated rings. The van der Waals surface area contributed by atoms with E-state index >= 15 is 0 Å². The standard InChI is InChI=1S/C27H30N6O3/c1-15(2)19-11-12-28-21(13-19)26-32-24-22(33(26)14-17-7-9-20(34)10-8-17)23(30-25(31-24)27(35)36)29-16(3)18-5-4-6-18/h7-13,15-16,18,34H,4-6,14H2,1-3H3,(H,35,36)(H,29,30,31)/t16-/m1/s1. The topological polar surface area (TPSA) is 126 Å². The number of fused-ring (bicyclic) bond motifs is 1. The Morgan fingerprint density at radius 3 is 2.50 bits per heavy atom. The Morgan fingerprint density at radius 2 is 1.86 bits per heavy atom. The lowest BCUT2D eigenvalue weighted by Crippen LogP contribution is -2.31. The minimum Gasteiger partial charge on any atom is -0.508 e. The third kappa shape index (κ3) is 4.60. The van der Waals surface area contributed by atoms with E-state index in [4.69, 9.17) is 4.98 Å². The number of nitrogens with zero attached hydrogens (tertiary/aromatic N) is 5. The van der Waals surface area contributed by atoms with Gasteiger partial charge in [0.15, 0.2) is 17.3 Å². The zero-order valence-electron chi connectivity index (χ0n) is 20.6. The molecule has 186 valence electrons. The fourth-order valence-corrected chi connectivity index (χ4v) is 4.57. The lowest BCUT2D eigenvalue weighted by atomic mass is 9.80. The molecule has 3 N–H and O–H groups in total. The largest absolute Gasteiger partial charge is 0.508 e. The minimum atomic E-state index is -1.20. The van der Waals surface area contributed by atoms with Gasteiger partial charge in [-0.3, -0.25) is 4.98 Å². The van der Waals surface area contributed by atoms with Crippen molar-refractivity contribution in [3.63, 3.8) is 0 Å². The number of anilines is 1. The van der Waals surface area contributed by atoms with E-state index in [1.165, 1.54) is 6.42 Å². The molecule has 4 aromatic rings. The highest BCUT2D eigenvalue weighted by Gasteiger charge is 2.27. The molecule has 0 bridgehead atoms. The quantitative estimate of drug-likeness (QED) is 0.315. The average Bonchev–Trinajstić information content (AvgIpc) is 3.18. The number of carbonyl (C=O) groups is 1. The maximum atomic E-state index is 11.9. The number of carboxylic acid groups (broad SMARTS) is 1. The predicted octanol–water partition coefficient (Wildman–Crippen LogP) is 5.06. The minimum absolute atomic E-state index is 0.126. The number of aromatic hydroxyl groups is 1. The van der Waals surface area contributed by atoms with Crippen LogP contribution in [0.5, 0.6) is 5.75 Å². The number of imidazole rings is 1. The molecule has 0 unspecified atom stereocenters. The highest BCUT2D eigenvalue weighted by Crippen LogP contribution is 2.34. The Balaban J connectivity index is 1.72. The second kappa shape index (κ2) is 9.56. The van der Waals surface area contributed by atoms with E-state index in [0.29, 0.717) is 46.9 Å². The monoisotopic (exact) mass is 486 g/mol. The lowest BCUT2D eigenvalue weighted by molar-refractivity contribution is 0.0684. The third-order valence-corrected chi connectivity index (χ3v) is 6.97. The molecule has 0 amide bonds. The highest BCUT2D eigenvalue weighted by atomic mass is 16.4. The molecular formula is C27H30N6O3. The number of carboxylic acids is 1. The van der Waals surface area contributed by atoms with Gasteiger partial charge in [-0.1, -0.05) is 32.4 Å². The fourth-order valence-electron chi connectivity index (χ4n) is 4.57. The molecule has 0 spiro atoms. The molecule has 5 rings (SSSR count). The van der Waals surface area contributed by atoms with E-state index in [-0.39, 0.29) is 17.6 Å². The molecule has 1 saturated carbocycles. The molecule has 3 heterocycles. The highest BCUT2D eigenvalue weighted by molar-refractivity contribution is 5.92. The van der Waals surface area contributed by atoms with E-state index in [1.807, 2.05) is 28.8 Å². The molecule has 0 aliphatic heterocycles. The number of hydrogen-bond acceptors (Lipinski definition) is 7. The van der Waals surface area contributed by atoms with Gasteiger partial charge >= 0.3 is 5.97 Å². The van der Waals surface area contributed by atoms with Crippen molar-refractivity contribution in [2.45, 2.75) is 58.5 Å². The van der Waals surface area contributed by atoms with Crippen LogP contribution in [-0.4, -0.2) is 46.7 Å². The van der Waals surface area contributed by atoms with Gasteiger partial charge in [0.05, 0.1) is 0 Å². The third-order valence-electron chi connectivity index (χ3n) is 6.97. The molecule has 1 aliphatic rings. The van der Waals surface area contributed by atoms with Gasteiger partial charge in [0, 0.05) is 18.8 Å². The summed E-state index contributed by atoms with van der Waals surface area (Å²) < 4.78 is 1.98. The van der Waals surface area contributed by atoms with E-state index in [2.05, 4.69) is 41.0 Å². The predicted molar refractivity (Wildman–Crippen MR) is 137 cm³/mol. The van der Waals surface area contributed by atoms with Crippen LogP contribution < -0.4 is 5.32 Å². The number of aromatic nitrogens is 5. The first-order chi connectivity index (χ1) is 17.3. The number of phenols is 1. The molecule has 1 aromatic carbocycles. The van der Waals surface area contributed by atoms with Crippen LogP contribution in [0.2, 0.25) is 0 Å². The average molecular weight is 487 g/mol. The number of phenolic OH excluding ortho intramolecular Hbond substituents is 1. The maximum Gasteiger partial charge on any atom is 0.374 e. The summed E-state index contributed by atoms with van der Waals surface area (Å²) in [5.74, 6) is 0.542. The van der Waals surface area contributed by atoms with E-state index in [0.717, 1.165) is 24.0 Å². The number of benzene rings is 1. The summed E-state index contributed by atoms with van der Waals surface area (Å²) in [6.07, 6.45) is 5.24. The molecule has 9 nitrogen and oxygen atoms in total. The van der Waals surface area contributed by atoms with Crippen LogP contribution in [0.3, 0.4) is 0 Å². The summed E-state index contributed by atoms with van der Waals surface area (Å²) in [6.45, 7) is 6.76. The van der Waals surface area contributed by atoms with Crippen LogP contribution in [0.4, 0.5) is 5.82 Å². The van der Waals surface area contributed by atoms with Crippen LogP contribution in [-0.2, 0) is 6.54 Å². The van der Waals surface area contributed by atoms with Crippen LogP contribution in [0.25, 0.3) is 22.7 Å². The second-order valence-corrected chi connectivity index (χ2v) is 9.81. The first-order valence-electron chi connectivity index (χ1n) is 12.3. The van der Waals surface area contributed by atoms with E-state index in [9.17, 15) is 15.0 Å². The normalized spacial score (nSPS) is 14.7. The van der Waals surface area contributed by atoms with Gasteiger partial charge in [0.2, 0.25) is 5.82 Å². The lowest BCUT2D eigenvalue weighted by Gasteiger charge is -2.32. The number of nitrogens with one attached hydrogen (secondary N) is 1. The van der Waals surface area contributed by atoms with Crippen LogP contribution in [0.15, 0.2) is 42.6 Å². The molecule has 0 radical (unpaired) electrons. The van der Waals surface area contributed by atoms with Gasteiger partial charge in [-0.2, -0.15) is 0 Å². The molecular weight excluding hydrogens is 456 g/mol. The van der Waals surface area contributed by atoms with Crippen molar-refractivity contribution in [3.8, 4) is 17.3 Å². The summed E-state index contributed by atoms with van der Waals surface area (Å²) in [4.78, 5) is 29.9. The van der Waals surface area contributed by atoms with Crippen LogP contribution >= 0.6 is 0 Å². The van der Waals surface area contributed by atoms with Gasteiger partial charge in [0.1, 0.15) is 17.0 Å². The number of aromatic carboxylic acids is 1. The molecule has 1 atom stereocenters. The Bertz CT molecular complexity index is 1410. The van der Waals surface area contributed by atoms with E-state index < -0.39 is 5.97 Å². The zero-order valence-corrected chi connectivity index (χ0v) is 20.6. The molecule has 36 heavy (non-hydrogen) atoms. The first kappa shape index (κ1) is 23.7. The molecule has 1 aliphatic carbocycles. The van der Waals surface area contributed by atoms with Crippen molar-refractivity contribution in [2.24, 2.45) is 5.92 Å². The summed E-state index contributed by atoms with van der Waals surface area (Å²) in [5, 5.41) is 22.9. The van der Waals surface area contributed by atoms with Crippen molar-refractivity contribution >= 4 is 23.0 Å². The van der Waals surface area contributed by atoms with Crippen LogP contribution in [0.1, 0.15) is 67.7 Å². The summed E-state index contributed by atoms with van der Waals surface area (Å²) >= 11 is 0. The Morgan fingerprint density at radius 1 is 1.11 bits per heavy atom. The SMILES string of the molecule is CC(C)c1ccnc(-c2nc3nc(C(=O)O)nc(N[C@H](C)C4CCC4)c3n2Cc2ccc(O)cc2)c1. The first-order valence-corrected chi connectivity index (χ1v) is 12.3. The van der Waals surface area contributed by atoms with Crippen molar-refractivity contribution in [1.29, 1.82) is 0 Å². The van der Waals surface area contributed by atoms with Crippen LogP contribution in [0, 0.1) is 5.92 Å². The Labute approximate surface area is 209 Å². The van der Waals surface area contributed by atoms with E-state index in [1.54, 1.807) is 18.3 Å². The van der Waals surface area contributed by atoms with Gasteiger partial charge in [-0.05, 0) is 67.0 Å². The fraction of sp³-hybridized carbons (Fsp3) is 0.370. The van der Waals surface area contributed by atoms with Crippen molar-refractivity contribution in [1.82, 2.24) is 24.5 Å². The van der Waals surface area contributed by atoms with Gasteiger partial charge in [0.25, 0.3) is 0 Å². The van der Waals surface area contributed by atoms with Gasteiger partial charge in [-0.25, -0.2) is 19.7 Å². The zero-order chi connectivity index (χ0) is 25.4. The summed E-state index contributed by atoms with van der Waals surface area (Å²) in [5.41, 5.74) is 3.67. The Kier molecular flexibility index (Phi) is 6.30.